The molecule has 1 aromatic carbocycles. The average Bonchev–Trinajstić information content (AvgIpc) is 2.41. The molecule has 4 heteroatoms. The number of carboxylic acid groups (broad SMARTS) is 1. The summed E-state index contributed by atoms with van der Waals surface area (Å²) in [5.74, 6) is -3.11. The van der Waals surface area contributed by atoms with E-state index in [0.29, 0.717) is 0 Å². The van der Waals surface area contributed by atoms with Crippen LogP contribution in [0.25, 0.3) is 0 Å². The number of rotatable bonds is 4. The molecule has 0 aliphatic carbocycles. The Morgan fingerprint density at radius 2 is 2.20 bits per heavy atom. The molecule has 0 aliphatic rings. The second-order valence-electron chi connectivity index (χ2n) is 2.49. The summed E-state index contributed by atoms with van der Waals surface area (Å²) in [6, 6.07) is -7.79. The second-order valence-corrected chi connectivity index (χ2v) is 2.49. The Hall–Kier alpha value is -1.84. The molecule has 0 unspecified atom stereocenters. The Morgan fingerprint density at radius 1 is 1.60 bits per heavy atom. The van der Waals surface area contributed by atoms with Gasteiger partial charge in [-0.25, -0.2) is 4.79 Å². The van der Waals surface area contributed by atoms with Gasteiger partial charge >= 0.3 is 5.97 Å². The summed E-state index contributed by atoms with van der Waals surface area (Å²) in [6.45, 7) is 0.865. The number of carboxylic acids is 1. The quantitative estimate of drug-likeness (QED) is 0.781. The lowest BCUT2D eigenvalue weighted by Gasteiger charge is -2.12. The van der Waals surface area contributed by atoms with Crippen LogP contribution in [0.4, 0.5) is 0 Å². The maximum Gasteiger partial charge on any atom is 0.326 e. The molecule has 1 amide bonds. The summed E-state index contributed by atoms with van der Waals surface area (Å²) in [5, 5.41) is 10.8. The van der Waals surface area contributed by atoms with Gasteiger partial charge in [-0.05, 0) is 5.56 Å². The maximum atomic E-state index is 11.3. The maximum absolute atomic E-state index is 11.3. The fourth-order valence-electron chi connectivity index (χ4n) is 0.752. The van der Waals surface area contributed by atoms with Gasteiger partial charge in [-0.1, -0.05) is 30.2 Å². The first kappa shape index (κ1) is 4.35. The molecule has 0 saturated heterocycles. The largest absolute Gasteiger partial charge is 0.480 e. The van der Waals surface area contributed by atoms with Crippen molar-refractivity contribution in [3.05, 3.63) is 35.8 Å². The predicted molar refractivity (Wildman–Crippen MR) is 55.4 cm³/mol. The lowest BCUT2D eigenvalue weighted by molar-refractivity contribution is -0.141. The van der Waals surface area contributed by atoms with Crippen molar-refractivity contribution < 1.29 is 25.7 Å². The zero-order chi connectivity index (χ0) is 18.3. The van der Waals surface area contributed by atoms with Crippen LogP contribution in [0.3, 0.4) is 0 Å². The highest BCUT2D eigenvalue weighted by atomic mass is 16.4. The van der Waals surface area contributed by atoms with E-state index in [0.717, 1.165) is 6.92 Å². The van der Waals surface area contributed by atoms with Crippen LogP contribution in [-0.2, 0) is 16.0 Å². The molecule has 0 aromatic heterocycles. The van der Waals surface area contributed by atoms with Gasteiger partial charge in [-0.2, -0.15) is 0 Å². The lowest BCUT2D eigenvalue weighted by Crippen LogP contribution is -2.41. The zero-order valence-corrected chi connectivity index (χ0v) is 7.76. The van der Waals surface area contributed by atoms with Gasteiger partial charge in [0.1, 0.15) is 6.02 Å². The van der Waals surface area contributed by atoms with Crippen LogP contribution in [0.5, 0.6) is 0 Å². The fraction of sp³-hybridized carbons (Fsp3) is 0.273. The average molecular weight is 215 g/mol. The minimum atomic E-state index is -3.31. The van der Waals surface area contributed by atoms with Crippen LogP contribution in [0, 0.1) is 0 Å². The van der Waals surface area contributed by atoms with Gasteiger partial charge in [0, 0.05) is 16.0 Å². The van der Waals surface area contributed by atoms with E-state index in [4.69, 9.17) is 16.1 Å². The number of aliphatic carboxylic acids is 1. The molecule has 0 radical (unpaired) electrons. The van der Waals surface area contributed by atoms with Gasteiger partial charge < -0.3 is 10.4 Å². The van der Waals surface area contributed by atoms with Gasteiger partial charge in [-0.3, -0.25) is 4.79 Å². The summed E-state index contributed by atoms with van der Waals surface area (Å²) in [4.78, 5) is 22.5. The number of hydrogen-bond donors (Lipinski definition) is 2. The minimum absolute atomic E-state index is 0.787. The SMILES string of the molecule is [2H]c1c([2H])c([2H])c(C([2H])([2H])[C@]([2H])(NC(C)=O)C(=O)O)c([2H])c1[2H]. The molecule has 0 saturated carbocycles. The topological polar surface area (TPSA) is 66.4 Å². The Balaban J connectivity index is 3.79. The van der Waals surface area contributed by atoms with E-state index in [2.05, 4.69) is 0 Å². The number of nitrogens with one attached hydrogen (secondary N) is 1. The van der Waals surface area contributed by atoms with Crippen molar-refractivity contribution >= 4 is 11.9 Å². The molecule has 1 rings (SSSR count). The summed E-state index contributed by atoms with van der Waals surface area (Å²) in [7, 11) is 0. The van der Waals surface area contributed by atoms with E-state index < -0.39 is 60.0 Å². The summed E-state index contributed by atoms with van der Waals surface area (Å²) < 4.78 is 61.4. The lowest BCUT2D eigenvalue weighted by atomic mass is 10.1. The van der Waals surface area contributed by atoms with Crippen molar-refractivity contribution in [3.63, 3.8) is 0 Å². The van der Waals surface area contributed by atoms with E-state index in [1.165, 1.54) is 0 Å². The molecule has 1 aromatic rings. The van der Waals surface area contributed by atoms with E-state index >= 15 is 0 Å². The Labute approximate surface area is 99.2 Å². The van der Waals surface area contributed by atoms with Gasteiger partial charge in [0.25, 0.3) is 0 Å². The van der Waals surface area contributed by atoms with Gasteiger partial charge in [-0.15, -0.1) is 0 Å². The molecule has 0 spiro atoms. The van der Waals surface area contributed by atoms with Gasteiger partial charge in [0.2, 0.25) is 5.91 Å². The first-order valence-electron chi connectivity index (χ1n) is 7.88. The van der Waals surface area contributed by atoms with Crippen LogP contribution in [0.1, 0.15) is 23.5 Å². The molecule has 0 aliphatic heterocycles. The molecule has 2 N–H and O–H groups in total. The summed E-state index contributed by atoms with van der Waals surface area (Å²) in [5.41, 5.74) is -1.02. The van der Waals surface area contributed by atoms with Crippen molar-refractivity contribution in [1.82, 2.24) is 5.32 Å². The minimum Gasteiger partial charge on any atom is -0.480 e. The normalized spacial score (nSPS) is 22.5. The van der Waals surface area contributed by atoms with E-state index in [1.807, 2.05) is 0 Å². The van der Waals surface area contributed by atoms with Crippen LogP contribution < -0.4 is 5.32 Å². The third kappa shape index (κ3) is 3.81. The number of hydrogen-bond acceptors (Lipinski definition) is 2. The number of carbonyl (C=O) groups excluding carboxylic acids is 1. The first-order chi connectivity index (χ1) is 10.3. The van der Waals surface area contributed by atoms with Crippen LogP contribution in [0.15, 0.2) is 30.2 Å². The van der Waals surface area contributed by atoms with Crippen molar-refractivity contribution in [2.45, 2.75) is 19.3 Å². The van der Waals surface area contributed by atoms with E-state index in [9.17, 15) is 9.59 Å². The highest BCUT2D eigenvalue weighted by molar-refractivity contribution is 5.82. The smallest absolute Gasteiger partial charge is 0.326 e. The number of amides is 1. The van der Waals surface area contributed by atoms with Crippen LogP contribution in [-0.4, -0.2) is 23.0 Å². The van der Waals surface area contributed by atoms with Crippen molar-refractivity contribution in [1.29, 1.82) is 0 Å². The highest BCUT2D eigenvalue weighted by Crippen LogP contribution is 2.03. The van der Waals surface area contributed by atoms with E-state index in [-0.39, 0.29) is 0 Å². The van der Waals surface area contributed by atoms with Crippen molar-refractivity contribution in [3.8, 4) is 0 Å². The standard InChI is InChI=1S/C11H13NO3/c1-8(13)12-10(11(14)15)7-9-5-3-2-4-6-9/h2-6,10H,7H2,1H3,(H,12,13)(H,14,15)/t10-/m0/s1/i2D,3D,4D,5D,6D,7D2,10D. The Kier molecular flexibility index (Phi) is 1.49. The molecular formula is C11H13NO3. The zero-order valence-electron chi connectivity index (χ0n) is 15.8. The van der Waals surface area contributed by atoms with Crippen LogP contribution in [0.2, 0.25) is 0 Å². The monoisotopic (exact) mass is 215 g/mol. The molecule has 4 nitrogen and oxygen atoms in total. The molecule has 0 fully saturated rings. The van der Waals surface area contributed by atoms with Gasteiger partial charge in [0.05, 0.1) is 8.22 Å². The third-order valence-corrected chi connectivity index (χ3v) is 1.26. The molecule has 0 bridgehead atoms. The highest BCUT2D eigenvalue weighted by Gasteiger charge is 2.18. The molecule has 15 heavy (non-hydrogen) atoms. The van der Waals surface area contributed by atoms with Crippen LogP contribution >= 0.6 is 0 Å². The fourth-order valence-corrected chi connectivity index (χ4v) is 0.752. The number of benzene rings is 1. The number of carbonyl (C=O) groups is 2. The molecule has 80 valence electrons. The molecule has 0 heterocycles. The Bertz CT molecular complexity index is 663. The first-order valence-corrected chi connectivity index (χ1v) is 3.88. The van der Waals surface area contributed by atoms with Crippen molar-refractivity contribution in [2.75, 3.05) is 0 Å². The third-order valence-electron chi connectivity index (χ3n) is 1.26. The summed E-state index contributed by atoms with van der Waals surface area (Å²) in [6.07, 6.45) is -3.31. The van der Waals surface area contributed by atoms with Crippen molar-refractivity contribution in [2.24, 2.45) is 0 Å². The second kappa shape index (κ2) is 5.14. The Morgan fingerprint density at radius 3 is 2.67 bits per heavy atom. The van der Waals surface area contributed by atoms with E-state index in [1.54, 1.807) is 5.32 Å². The molecular weight excluding hydrogens is 194 g/mol. The molecule has 1 atom stereocenters. The summed E-state index contributed by atoms with van der Waals surface area (Å²) >= 11 is 0. The predicted octanol–water partition coefficient (Wildman–Crippen LogP) is 0.818. The van der Waals surface area contributed by atoms with Gasteiger partial charge in [0.15, 0.2) is 0 Å².